The van der Waals surface area contributed by atoms with Crippen molar-refractivity contribution in [1.29, 1.82) is 0 Å². The fraction of sp³-hybridized carbons (Fsp3) is 0.222. The zero-order chi connectivity index (χ0) is 14.1. The summed E-state index contributed by atoms with van der Waals surface area (Å²) in [5.74, 6) is 0.689. The summed E-state index contributed by atoms with van der Waals surface area (Å²) in [6.45, 7) is 3.76. The number of aromatic nitrogens is 8. The second-order valence-electron chi connectivity index (χ2n) is 3.99. The number of rotatable bonds is 3. The fourth-order valence-corrected chi connectivity index (χ4v) is 1.58. The Bertz CT molecular complexity index is 730. The van der Waals surface area contributed by atoms with Crippen molar-refractivity contribution in [1.82, 2.24) is 40.5 Å². The van der Waals surface area contributed by atoms with Gasteiger partial charge in [0, 0.05) is 5.69 Å². The van der Waals surface area contributed by atoms with Crippen molar-refractivity contribution in [3.8, 4) is 5.95 Å². The minimum absolute atomic E-state index is 0.0937. The Labute approximate surface area is 112 Å². The molecule has 3 N–H and O–H groups in total. The van der Waals surface area contributed by atoms with Gasteiger partial charge in [-0.25, -0.2) is 9.31 Å². The molecule has 0 saturated carbocycles. The van der Waals surface area contributed by atoms with Gasteiger partial charge in [0.1, 0.15) is 0 Å². The minimum Gasteiger partial charge on any atom is -0.378 e. The first-order valence-corrected chi connectivity index (χ1v) is 5.59. The lowest BCUT2D eigenvalue weighted by Crippen LogP contribution is -2.10. The lowest BCUT2D eigenvalue weighted by atomic mass is 10.4. The zero-order valence-electron chi connectivity index (χ0n) is 10.6. The number of hydrogen-bond donors (Lipinski definition) is 2. The maximum absolute atomic E-state index is 5.49. The average molecular weight is 274 g/mol. The predicted molar refractivity (Wildman–Crippen MR) is 66.2 cm³/mol. The van der Waals surface area contributed by atoms with Gasteiger partial charge in [-0.15, -0.1) is 20.4 Å². The molecule has 0 aliphatic heterocycles. The highest BCUT2D eigenvalue weighted by Gasteiger charge is 2.11. The Balaban J connectivity index is 1.85. The molecule has 0 radical (unpaired) electrons. The van der Waals surface area contributed by atoms with Crippen LogP contribution in [0, 0.1) is 13.8 Å². The Morgan fingerprint density at radius 1 is 1.15 bits per heavy atom. The molecule has 11 nitrogen and oxygen atoms in total. The number of nitrogens with zero attached hydrogens (tertiary/aromatic N) is 8. The molecule has 0 aliphatic rings. The molecule has 0 aliphatic carbocycles. The topological polar surface area (TPSA) is 146 Å². The van der Waals surface area contributed by atoms with Gasteiger partial charge >= 0.3 is 0 Å². The van der Waals surface area contributed by atoms with E-state index in [9.17, 15) is 0 Å². The number of nitrogens with two attached hydrogens (primary N) is 1. The van der Waals surface area contributed by atoms with Gasteiger partial charge in [-0.05, 0) is 30.2 Å². The van der Waals surface area contributed by atoms with Crippen molar-refractivity contribution < 1.29 is 4.63 Å². The van der Waals surface area contributed by atoms with Crippen LogP contribution in [0.5, 0.6) is 0 Å². The molecule has 3 aromatic heterocycles. The van der Waals surface area contributed by atoms with Crippen molar-refractivity contribution >= 4 is 17.6 Å². The van der Waals surface area contributed by atoms with E-state index in [4.69, 9.17) is 5.73 Å². The molecule has 0 amide bonds. The van der Waals surface area contributed by atoms with Crippen molar-refractivity contribution in [3.63, 3.8) is 0 Å². The van der Waals surface area contributed by atoms with Gasteiger partial charge in [0.05, 0.1) is 5.69 Å². The highest BCUT2D eigenvalue weighted by atomic mass is 16.6. The normalized spacial score (nSPS) is 10.7. The van der Waals surface area contributed by atoms with E-state index in [-0.39, 0.29) is 23.5 Å². The second kappa shape index (κ2) is 4.53. The van der Waals surface area contributed by atoms with Crippen molar-refractivity contribution in [3.05, 3.63) is 17.5 Å². The quantitative estimate of drug-likeness (QED) is 0.656. The molecule has 0 bridgehead atoms. The van der Waals surface area contributed by atoms with Gasteiger partial charge in [-0.1, -0.05) is 0 Å². The number of nitrogen functional groups attached to an aromatic ring is 1. The second-order valence-corrected chi connectivity index (χ2v) is 3.99. The molecule has 0 fully saturated rings. The molecule has 20 heavy (non-hydrogen) atoms. The first-order valence-electron chi connectivity index (χ1n) is 5.59. The van der Waals surface area contributed by atoms with E-state index in [2.05, 4.69) is 45.8 Å². The standard InChI is InChI=1S/C9H10N10O/c1-4-3-5(2)19(16-4)9-14-12-8(13-15-9)11-7-6(10)17-20-18-7/h3H,1-2H3,(H2,10,17)(H,11,12,13,18). The molecular weight excluding hydrogens is 264 g/mol. The largest absolute Gasteiger partial charge is 0.378 e. The highest BCUT2D eigenvalue weighted by molar-refractivity contribution is 5.59. The maximum atomic E-state index is 5.49. The third-order valence-electron chi connectivity index (χ3n) is 2.41. The number of nitrogens with one attached hydrogen (secondary N) is 1. The number of anilines is 3. The summed E-state index contributed by atoms with van der Waals surface area (Å²) in [5.41, 5.74) is 7.23. The van der Waals surface area contributed by atoms with Crippen LogP contribution in [0.25, 0.3) is 5.95 Å². The van der Waals surface area contributed by atoms with E-state index >= 15 is 0 Å². The lowest BCUT2D eigenvalue weighted by molar-refractivity contribution is 0.310. The number of aryl methyl sites for hydroxylation is 2. The fourth-order valence-electron chi connectivity index (χ4n) is 1.58. The van der Waals surface area contributed by atoms with Crippen LogP contribution in [-0.2, 0) is 0 Å². The smallest absolute Gasteiger partial charge is 0.289 e. The summed E-state index contributed by atoms with van der Waals surface area (Å²) in [6, 6.07) is 1.90. The summed E-state index contributed by atoms with van der Waals surface area (Å²) >= 11 is 0. The van der Waals surface area contributed by atoms with E-state index < -0.39 is 0 Å². The first kappa shape index (κ1) is 12.0. The summed E-state index contributed by atoms with van der Waals surface area (Å²) in [5, 5.41) is 29.4. The van der Waals surface area contributed by atoms with Crippen LogP contribution in [0.2, 0.25) is 0 Å². The molecule has 102 valence electrons. The van der Waals surface area contributed by atoms with Crippen molar-refractivity contribution in [2.75, 3.05) is 11.1 Å². The van der Waals surface area contributed by atoms with E-state index in [1.807, 2.05) is 19.9 Å². The third kappa shape index (κ3) is 2.11. The first-order chi connectivity index (χ1) is 9.63. The number of hydrogen-bond acceptors (Lipinski definition) is 10. The third-order valence-corrected chi connectivity index (χ3v) is 2.41. The van der Waals surface area contributed by atoms with E-state index in [0.717, 1.165) is 11.4 Å². The molecule has 3 aromatic rings. The highest BCUT2D eigenvalue weighted by Crippen LogP contribution is 2.14. The van der Waals surface area contributed by atoms with E-state index in [1.54, 1.807) is 4.68 Å². The Morgan fingerprint density at radius 3 is 2.45 bits per heavy atom. The van der Waals surface area contributed by atoms with Crippen LogP contribution in [-0.4, -0.2) is 40.5 Å². The SMILES string of the molecule is Cc1cc(C)n(-c2nnc(Nc3nonc3N)nn2)n1. The van der Waals surface area contributed by atoms with Gasteiger partial charge in [-0.2, -0.15) is 5.10 Å². The van der Waals surface area contributed by atoms with Crippen molar-refractivity contribution in [2.45, 2.75) is 13.8 Å². The van der Waals surface area contributed by atoms with Crippen LogP contribution in [0.15, 0.2) is 10.7 Å². The monoisotopic (exact) mass is 274 g/mol. The van der Waals surface area contributed by atoms with Gasteiger partial charge < -0.3 is 11.1 Å². The molecule has 0 unspecified atom stereocenters. The summed E-state index contributed by atoms with van der Waals surface area (Å²) in [6.07, 6.45) is 0. The van der Waals surface area contributed by atoms with Crippen LogP contribution in [0.1, 0.15) is 11.4 Å². The average Bonchev–Trinajstić information content (AvgIpc) is 2.97. The van der Waals surface area contributed by atoms with Crippen molar-refractivity contribution in [2.24, 2.45) is 0 Å². The zero-order valence-corrected chi connectivity index (χ0v) is 10.6. The molecule has 3 rings (SSSR count). The van der Waals surface area contributed by atoms with Gasteiger partial charge in [0.2, 0.25) is 11.6 Å². The molecule has 11 heteroatoms. The Hall–Kier alpha value is -3.11. The minimum atomic E-state index is 0.0937. The molecule has 0 atom stereocenters. The molecule has 0 saturated heterocycles. The molecular formula is C9H10N10O. The Morgan fingerprint density at radius 2 is 1.90 bits per heavy atom. The van der Waals surface area contributed by atoms with Crippen LogP contribution < -0.4 is 11.1 Å². The summed E-state index contributed by atoms with van der Waals surface area (Å²) in [4.78, 5) is 0. The predicted octanol–water partition coefficient (Wildman–Crippen LogP) is -0.222. The van der Waals surface area contributed by atoms with E-state index in [1.165, 1.54) is 0 Å². The molecule has 0 spiro atoms. The van der Waals surface area contributed by atoms with Gasteiger partial charge in [0.15, 0.2) is 0 Å². The molecule has 3 heterocycles. The van der Waals surface area contributed by atoms with Crippen LogP contribution in [0.4, 0.5) is 17.6 Å². The van der Waals surface area contributed by atoms with Crippen LogP contribution in [0.3, 0.4) is 0 Å². The van der Waals surface area contributed by atoms with Gasteiger partial charge in [0.25, 0.3) is 11.9 Å². The van der Waals surface area contributed by atoms with E-state index in [0.29, 0.717) is 0 Å². The molecule has 0 aromatic carbocycles. The maximum Gasteiger partial charge on any atom is 0.289 e. The Kier molecular flexibility index (Phi) is 2.71. The van der Waals surface area contributed by atoms with Crippen LogP contribution >= 0.6 is 0 Å². The summed E-state index contributed by atoms with van der Waals surface area (Å²) in [7, 11) is 0. The lowest BCUT2D eigenvalue weighted by Gasteiger charge is -2.01. The summed E-state index contributed by atoms with van der Waals surface area (Å²) < 4.78 is 5.98. The van der Waals surface area contributed by atoms with Gasteiger partial charge in [-0.3, -0.25) is 0 Å².